The van der Waals surface area contributed by atoms with E-state index in [0.29, 0.717) is 35.6 Å². The van der Waals surface area contributed by atoms with Gasteiger partial charge in [0.05, 0.1) is 53.3 Å². The molecule has 0 radical (unpaired) electrons. The number of hydrogen-bond donors (Lipinski definition) is 3. The molecule has 0 unspecified atom stereocenters. The first-order chi connectivity index (χ1) is 26.9. The fraction of sp³-hybridized carbons (Fsp3) is 0.244. The Kier molecular flexibility index (Phi) is 9.98. The van der Waals surface area contributed by atoms with Crippen molar-refractivity contribution in [2.75, 3.05) is 71.6 Å². The molecule has 7 aromatic rings. The lowest BCUT2D eigenvalue weighted by Gasteiger charge is -2.34. The van der Waals surface area contributed by atoms with Gasteiger partial charge in [0.2, 0.25) is 0 Å². The Balaban J connectivity index is 0.830. The van der Waals surface area contributed by atoms with Crippen LogP contribution < -0.4 is 25.2 Å². The van der Waals surface area contributed by atoms with E-state index in [9.17, 15) is 9.59 Å². The van der Waals surface area contributed by atoms with E-state index in [2.05, 4.69) is 68.0 Å². The Hall–Kier alpha value is -6.51. The average molecular weight is 740 g/mol. The van der Waals surface area contributed by atoms with Crippen LogP contribution in [0.1, 0.15) is 5.82 Å². The van der Waals surface area contributed by atoms with Crippen molar-refractivity contribution in [3.63, 3.8) is 0 Å². The number of ether oxygens (including phenoxy) is 3. The van der Waals surface area contributed by atoms with Crippen LogP contribution in [0.25, 0.3) is 61.8 Å². The largest absolute Gasteiger partial charge is 0.497 e. The second-order valence-corrected chi connectivity index (χ2v) is 13.3. The summed E-state index contributed by atoms with van der Waals surface area (Å²) >= 11 is 0. The fourth-order valence-electron chi connectivity index (χ4n) is 6.72. The van der Waals surface area contributed by atoms with Gasteiger partial charge in [-0.1, -0.05) is 6.58 Å². The van der Waals surface area contributed by atoms with Crippen LogP contribution in [-0.4, -0.2) is 107 Å². The Morgan fingerprint density at radius 3 is 2.25 bits per heavy atom. The van der Waals surface area contributed by atoms with Gasteiger partial charge in [-0.25, -0.2) is 19.3 Å². The molecule has 4 heterocycles. The molecule has 1 amide bonds. The van der Waals surface area contributed by atoms with Crippen molar-refractivity contribution in [3.05, 3.63) is 102 Å². The first-order valence-electron chi connectivity index (χ1n) is 18.1. The second-order valence-electron chi connectivity index (χ2n) is 13.3. The Labute approximate surface area is 316 Å². The molecule has 1 aliphatic rings. The molecule has 3 aromatic heterocycles. The molecule has 1 fully saturated rings. The van der Waals surface area contributed by atoms with Gasteiger partial charge in [0.1, 0.15) is 35.6 Å². The Morgan fingerprint density at radius 2 is 1.51 bits per heavy atom. The molecule has 1 saturated heterocycles. The molecule has 0 spiro atoms. The minimum atomic E-state index is -0.466. The molecule has 0 atom stereocenters. The quantitative estimate of drug-likeness (QED) is 0.136. The third kappa shape index (κ3) is 7.50. The lowest BCUT2D eigenvalue weighted by atomic mass is 10.2. The van der Waals surface area contributed by atoms with Crippen molar-refractivity contribution in [2.45, 2.75) is 0 Å². The number of benzene rings is 4. The van der Waals surface area contributed by atoms with Gasteiger partial charge in [0.25, 0.3) is 5.56 Å². The van der Waals surface area contributed by atoms with Gasteiger partial charge in [0.15, 0.2) is 0 Å². The van der Waals surface area contributed by atoms with Crippen LogP contribution in [0.3, 0.4) is 0 Å². The summed E-state index contributed by atoms with van der Waals surface area (Å²) in [6.45, 7) is 9.00. The van der Waals surface area contributed by atoms with Crippen molar-refractivity contribution in [1.82, 2.24) is 39.7 Å². The molecule has 0 saturated carbocycles. The summed E-state index contributed by atoms with van der Waals surface area (Å²) in [5.74, 6) is 2.92. The number of aromatic amines is 2. The minimum Gasteiger partial charge on any atom is -0.497 e. The normalized spacial score (nSPS) is 13.5. The smallest absolute Gasteiger partial charge is 0.327 e. The molecule has 55 heavy (non-hydrogen) atoms. The number of methoxy groups -OCH3 is 1. The average Bonchev–Trinajstić information content (AvgIpc) is 3.85. The van der Waals surface area contributed by atoms with Gasteiger partial charge < -0.3 is 39.3 Å². The summed E-state index contributed by atoms with van der Waals surface area (Å²) < 4.78 is 18.1. The van der Waals surface area contributed by atoms with Crippen LogP contribution >= 0.6 is 0 Å². The van der Waals surface area contributed by atoms with Crippen molar-refractivity contribution >= 4 is 50.8 Å². The highest BCUT2D eigenvalue weighted by Gasteiger charge is 2.17. The number of carbonyl (C=O) groups is 1. The SMILES string of the molecule is C=Cc1nc(=O)c2ccc(OC)cc2n1C(=O)NCCOCCOc1ccc(-c2nc3ccc(-c4nc5ccc(N6CCN(C)CC6)cc5[nH]4)cc3[nH]2)cc1. The van der Waals surface area contributed by atoms with Crippen molar-refractivity contribution < 1.29 is 19.0 Å². The number of fused-ring (bicyclic) bond motifs is 3. The number of hydrogen-bond acceptors (Lipinski definition) is 10. The topological polar surface area (TPSA) is 156 Å². The third-order valence-corrected chi connectivity index (χ3v) is 9.74. The number of nitrogens with one attached hydrogen (secondary N) is 3. The van der Waals surface area contributed by atoms with E-state index in [-0.39, 0.29) is 19.0 Å². The molecular formula is C41H41N9O5. The first-order valence-corrected chi connectivity index (χ1v) is 18.1. The van der Waals surface area contributed by atoms with Crippen LogP contribution in [0.2, 0.25) is 0 Å². The van der Waals surface area contributed by atoms with E-state index in [1.54, 1.807) is 18.2 Å². The van der Waals surface area contributed by atoms with Gasteiger partial charge in [-0.05, 0) is 85.9 Å². The van der Waals surface area contributed by atoms with E-state index >= 15 is 0 Å². The number of aromatic nitrogens is 6. The summed E-state index contributed by atoms with van der Waals surface area (Å²) in [5.41, 5.74) is 6.80. The number of imidazole rings is 2. The minimum absolute atomic E-state index is 0.132. The molecule has 3 N–H and O–H groups in total. The number of nitrogens with zero attached hydrogens (tertiary/aromatic N) is 6. The van der Waals surface area contributed by atoms with Crippen LogP contribution in [0.4, 0.5) is 10.5 Å². The fourth-order valence-corrected chi connectivity index (χ4v) is 6.72. The van der Waals surface area contributed by atoms with Crippen LogP contribution in [0.15, 0.2) is 90.2 Å². The predicted molar refractivity (Wildman–Crippen MR) is 214 cm³/mol. The Morgan fingerprint density at radius 1 is 0.818 bits per heavy atom. The molecule has 4 aromatic carbocycles. The maximum Gasteiger partial charge on any atom is 0.327 e. The molecule has 14 nitrogen and oxygen atoms in total. The third-order valence-electron chi connectivity index (χ3n) is 9.74. The number of carbonyl (C=O) groups excluding carboxylic acids is 1. The lowest BCUT2D eigenvalue weighted by molar-refractivity contribution is 0.103. The number of anilines is 1. The molecule has 280 valence electrons. The highest BCUT2D eigenvalue weighted by atomic mass is 16.5. The summed E-state index contributed by atoms with van der Waals surface area (Å²) in [5, 5.41) is 3.10. The molecule has 8 rings (SSSR count). The molecule has 14 heteroatoms. The van der Waals surface area contributed by atoms with E-state index in [1.165, 1.54) is 23.4 Å². The zero-order valence-corrected chi connectivity index (χ0v) is 30.7. The highest BCUT2D eigenvalue weighted by Crippen LogP contribution is 2.29. The van der Waals surface area contributed by atoms with Crippen molar-refractivity contribution in [3.8, 4) is 34.3 Å². The number of amides is 1. The molecule has 0 aliphatic carbocycles. The number of likely N-dealkylation sites (N-methyl/N-ethyl adjacent to an activating group) is 1. The molecule has 1 aliphatic heterocycles. The van der Waals surface area contributed by atoms with E-state index in [1.807, 2.05) is 36.4 Å². The maximum absolute atomic E-state index is 13.1. The summed E-state index contributed by atoms with van der Waals surface area (Å²) in [7, 11) is 3.68. The summed E-state index contributed by atoms with van der Waals surface area (Å²) in [4.78, 5) is 51.0. The highest BCUT2D eigenvalue weighted by molar-refractivity contribution is 5.92. The zero-order valence-electron chi connectivity index (χ0n) is 30.7. The second kappa shape index (κ2) is 15.5. The first kappa shape index (κ1) is 35.5. The lowest BCUT2D eigenvalue weighted by Crippen LogP contribution is -2.44. The predicted octanol–water partition coefficient (Wildman–Crippen LogP) is 5.54. The van der Waals surface area contributed by atoms with Gasteiger partial charge in [-0.3, -0.25) is 4.79 Å². The van der Waals surface area contributed by atoms with E-state index in [4.69, 9.17) is 24.2 Å². The number of H-pyrrole nitrogens is 2. The van der Waals surface area contributed by atoms with Gasteiger partial charge in [-0.15, -0.1) is 0 Å². The molecule has 0 bridgehead atoms. The summed E-state index contributed by atoms with van der Waals surface area (Å²) in [6.07, 6.45) is 1.36. The molecular weight excluding hydrogens is 699 g/mol. The Bertz CT molecular complexity index is 2570. The maximum atomic E-state index is 13.1. The number of piperazine rings is 1. The van der Waals surface area contributed by atoms with E-state index < -0.39 is 11.6 Å². The van der Waals surface area contributed by atoms with Gasteiger partial charge in [0, 0.05) is 55.6 Å². The standard InChI is InChI=1S/C41H41N9O5/c1-4-37-47-40(51)31-12-11-30(53-3)25-36(31)50(37)41(52)42-15-20-54-21-22-55-29-9-5-26(6-10-29)38-43-32-13-7-27(23-34(32)45-38)39-44-33-14-8-28(24-35(33)46-39)49-18-16-48(2)17-19-49/h4-14,23-25H,1,15-22H2,2-3H3,(H,42,52)(H,43,45)(H,44,46). The van der Waals surface area contributed by atoms with Crippen molar-refractivity contribution in [1.29, 1.82) is 0 Å². The van der Waals surface area contributed by atoms with Gasteiger partial charge >= 0.3 is 6.03 Å². The van der Waals surface area contributed by atoms with Gasteiger partial charge in [-0.2, -0.15) is 4.98 Å². The monoisotopic (exact) mass is 739 g/mol. The zero-order chi connectivity index (χ0) is 37.9. The van der Waals surface area contributed by atoms with Crippen molar-refractivity contribution in [2.24, 2.45) is 0 Å². The summed E-state index contributed by atoms with van der Waals surface area (Å²) in [6, 6.07) is 24.7. The van der Waals surface area contributed by atoms with E-state index in [0.717, 1.165) is 71.0 Å². The number of rotatable bonds is 12. The van der Waals surface area contributed by atoms with Crippen LogP contribution in [0.5, 0.6) is 11.5 Å². The van der Waals surface area contributed by atoms with Crippen LogP contribution in [0, 0.1) is 0 Å². The van der Waals surface area contributed by atoms with Crippen LogP contribution in [-0.2, 0) is 4.74 Å².